The molecule has 4 nitrogen and oxygen atoms in total. The number of rotatable bonds is 6. The van der Waals surface area contributed by atoms with E-state index in [-0.39, 0.29) is 18.1 Å². The second-order valence-electron chi connectivity index (χ2n) is 5.32. The Morgan fingerprint density at radius 3 is 3.20 bits per heavy atom. The summed E-state index contributed by atoms with van der Waals surface area (Å²) in [6.07, 6.45) is 6.02. The molecule has 2 atom stereocenters. The smallest absolute Gasteiger partial charge is 0.232 e. The molecule has 0 aromatic carbocycles. The van der Waals surface area contributed by atoms with Gasteiger partial charge >= 0.3 is 0 Å². The second-order valence-corrected chi connectivity index (χ2v) is 6.31. The monoisotopic (exact) mass is 294 g/mol. The molecule has 0 aliphatic carbocycles. The average molecular weight is 294 g/mol. The molecule has 0 saturated carbocycles. The number of aromatic nitrogens is 1. The van der Waals surface area contributed by atoms with Crippen molar-refractivity contribution in [2.75, 3.05) is 12.3 Å². The van der Waals surface area contributed by atoms with Crippen LogP contribution in [0.4, 0.5) is 0 Å². The number of hydrogen-bond donors (Lipinski definition) is 1. The third kappa shape index (κ3) is 4.49. The van der Waals surface area contributed by atoms with E-state index in [0.717, 1.165) is 30.7 Å². The van der Waals surface area contributed by atoms with E-state index in [9.17, 15) is 9.90 Å². The van der Waals surface area contributed by atoms with Crippen LogP contribution < -0.4 is 0 Å². The van der Waals surface area contributed by atoms with E-state index in [4.69, 9.17) is 0 Å². The number of aliphatic hydroxyl groups is 1. The van der Waals surface area contributed by atoms with Gasteiger partial charge in [0.1, 0.15) is 0 Å². The molecule has 0 spiro atoms. The first-order valence-corrected chi connectivity index (χ1v) is 8.26. The van der Waals surface area contributed by atoms with Gasteiger partial charge in [-0.2, -0.15) is 0 Å². The summed E-state index contributed by atoms with van der Waals surface area (Å²) in [4.78, 5) is 18.3. The zero-order valence-electron chi connectivity index (χ0n) is 11.9. The van der Waals surface area contributed by atoms with Crippen molar-refractivity contribution in [1.82, 2.24) is 9.88 Å². The number of thioether (sulfide) groups is 1. The molecule has 2 unspecified atom stereocenters. The Morgan fingerprint density at radius 1 is 1.65 bits per heavy atom. The Labute approximate surface area is 124 Å². The molecule has 1 aliphatic heterocycles. The Bertz CT molecular complexity index is 425. The molecule has 1 aromatic rings. The van der Waals surface area contributed by atoms with Gasteiger partial charge in [-0.3, -0.25) is 9.78 Å². The van der Waals surface area contributed by atoms with Crippen LogP contribution in [-0.4, -0.2) is 45.3 Å². The molecule has 1 fully saturated rings. The average Bonchev–Trinajstić information content (AvgIpc) is 2.87. The minimum atomic E-state index is -0.337. The van der Waals surface area contributed by atoms with Gasteiger partial charge in [0.05, 0.1) is 11.9 Å². The minimum Gasteiger partial charge on any atom is -0.393 e. The first-order valence-electron chi connectivity index (χ1n) is 7.11. The fourth-order valence-electron chi connectivity index (χ4n) is 2.63. The highest BCUT2D eigenvalue weighted by atomic mass is 32.2. The molecule has 20 heavy (non-hydrogen) atoms. The first-order chi connectivity index (χ1) is 9.66. The van der Waals surface area contributed by atoms with E-state index in [1.165, 1.54) is 0 Å². The van der Waals surface area contributed by atoms with Crippen LogP contribution in [0.3, 0.4) is 0 Å². The van der Waals surface area contributed by atoms with Crippen LogP contribution >= 0.6 is 11.8 Å². The second kappa shape index (κ2) is 7.64. The lowest BCUT2D eigenvalue weighted by molar-refractivity contribution is -0.129. The Kier molecular flexibility index (Phi) is 5.86. The van der Waals surface area contributed by atoms with Crippen LogP contribution in [0.5, 0.6) is 0 Å². The standard InChI is InChI=1S/C15H22N2O2S/c1-12(18)8-14-5-3-7-17(14)15(19)11-20-10-13-4-2-6-16-9-13/h2,4,6,9,12,14,18H,3,5,7-8,10-11H2,1H3. The number of pyridine rings is 1. The molecular weight excluding hydrogens is 272 g/mol. The molecule has 1 N–H and O–H groups in total. The summed E-state index contributed by atoms with van der Waals surface area (Å²) in [6.45, 7) is 2.63. The van der Waals surface area contributed by atoms with Crippen molar-refractivity contribution in [1.29, 1.82) is 0 Å². The number of aliphatic hydroxyl groups excluding tert-OH is 1. The largest absolute Gasteiger partial charge is 0.393 e. The normalized spacial score (nSPS) is 20.1. The van der Waals surface area contributed by atoms with E-state index >= 15 is 0 Å². The van der Waals surface area contributed by atoms with E-state index in [1.54, 1.807) is 24.9 Å². The first kappa shape index (κ1) is 15.3. The van der Waals surface area contributed by atoms with E-state index < -0.39 is 0 Å². The van der Waals surface area contributed by atoms with Gasteiger partial charge in [0.2, 0.25) is 5.91 Å². The summed E-state index contributed by atoms with van der Waals surface area (Å²) in [5.74, 6) is 1.52. The molecule has 1 amide bonds. The van der Waals surface area contributed by atoms with Crippen molar-refractivity contribution in [3.05, 3.63) is 30.1 Å². The molecule has 1 aliphatic rings. The van der Waals surface area contributed by atoms with Crippen molar-refractivity contribution in [2.45, 2.75) is 44.1 Å². The highest BCUT2D eigenvalue weighted by Gasteiger charge is 2.29. The summed E-state index contributed by atoms with van der Waals surface area (Å²) in [7, 11) is 0. The van der Waals surface area contributed by atoms with Crippen molar-refractivity contribution in [3.8, 4) is 0 Å². The summed E-state index contributed by atoms with van der Waals surface area (Å²) in [6, 6.07) is 4.16. The summed E-state index contributed by atoms with van der Waals surface area (Å²) in [5.41, 5.74) is 1.15. The minimum absolute atomic E-state index is 0.196. The zero-order valence-corrected chi connectivity index (χ0v) is 12.7. The molecular formula is C15H22N2O2S. The maximum Gasteiger partial charge on any atom is 0.232 e. The number of carbonyl (C=O) groups excluding carboxylic acids is 1. The summed E-state index contributed by atoms with van der Waals surface area (Å²) < 4.78 is 0. The fourth-order valence-corrected chi connectivity index (χ4v) is 3.47. The number of amides is 1. The van der Waals surface area contributed by atoms with Gasteiger partial charge in [-0.05, 0) is 37.8 Å². The van der Waals surface area contributed by atoms with Crippen LogP contribution in [0.2, 0.25) is 0 Å². The van der Waals surface area contributed by atoms with E-state index in [2.05, 4.69) is 4.98 Å². The lowest BCUT2D eigenvalue weighted by atomic mass is 10.1. The Morgan fingerprint density at radius 2 is 2.50 bits per heavy atom. The van der Waals surface area contributed by atoms with Gasteiger partial charge in [0.25, 0.3) is 0 Å². The van der Waals surface area contributed by atoms with Crippen LogP contribution in [0.25, 0.3) is 0 Å². The number of likely N-dealkylation sites (tertiary alicyclic amines) is 1. The molecule has 0 radical (unpaired) electrons. The molecule has 1 saturated heterocycles. The molecule has 2 heterocycles. The number of nitrogens with zero attached hydrogens (tertiary/aromatic N) is 2. The van der Waals surface area contributed by atoms with Crippen molar-refractivity contribution >= 4 is 17.7 Å². The SMILES string of the molecule is CC(O)CC1CCCN1C(=O)CSCc1cccnc1. The highest BCUT2D eigenvalue weighted by Crippen LogP contribution is 2.23. The molecule has 110 valence electrons. The highest BCUT2D eigenvalue weighted by molar-refractivity contribution is 7.99. The Hall–Kier alpha value is -1.07. The van der Waals surface area contributed by atoms with Gasteiger partial charge < -0.3 is 10.0 Å². The van der Waals surface area contributed by atoms with Crippen molar-refractivity contribution < 1.29 is 9.90 Å². The van der Waals surface area contributed by atoms with Crippen LogP contribution in [0.15, 0.2) is 24.5 Å². The van der Waals surface area contributed by atoms with Crippen molar-refractivity contribution in [2.24, 2.45) is 0 Å². The van der Waals surface area contributed by atoms with Gasteiger partial charge in [0, 0.05) is 30.7 Å². The van der Waals surface area contributed by atoms with Crippen LogP contribution in [0, 0.1) is 0 Å². The predicted molar refractivity (Wildman–Crippen MR) is 81.4 cm³/mol. The Balaban J connectivity index is 1.76. The van der Waals surface area contributed by atoms with E-state index in [0.29, 0.717) is 12.2 Å². The van der Waals surface area contributed by atoms with Gasteiger partial charge in [-0.1, -0.05) is 6.07 Å². The lowest BCUT2D eigenvalue weighted by Gasteiger charge is -2.25. The van der Waals surface area contributed by atoms with Crippen LogP contribution in [0.1, 0.15) is 31.7 Å². The van der Waals surface area contributed by atoms with Gasteiger partial charge in [-0.15, -0.1) is 11.8 Å². The summed E-state index contributed by atoms with van der Waals surface area (Å²) in [5, 5.41) is 9.49. The van der Waals surface area contributed by atoms with E-state index in [1.807, 2.05) is 23.2 Å². The fraction of sp³-hybridized carbons (Fsp3) is 0.600. The zero-order chi connectivity index (χ0) is 14.4. The third-order valence-corrected chi connectivity index (χ3v) is 4.52. The molecule has 1 aromatic heterocycles. The molecule has 0 bridgehead atoms. The lowest BCUT2D eigenvalue weighted by Crippen LogP contribution is -2.38. The molecule has 5 heteroatoms. The van der Waals surface area contributed by atoms with Crippen molar-refractivity contribution in [3.63, 3.8) is 0 Å². The maximum absolute atomic E-state index is 12.2. The topological polar surface area (TPSA) is 53.4 Å². The molecule has 2 rings (SSSR count). The maximum atomic E-state index is 12.2. The summed E-state index contributed by atoms with van der Waals surface area (Å²) >= 11 is 1.63. The predicted octanol–water partition coefficient (Wildman–Crippen LogP) is 2.08. The third-order valence-electron chi connectivity index (χ3n) is 3.53. The van der Waals surface area contributed by atoms with Gasteiger partial charge in [-0.25, -0.2) is 0 Å². The number of carbonyl (C=O) groups is 1. The van der Waals surface area contributed by atoms with Crippen LogP contribution in [-0.2, 0) is 10.5 Å². The van der Waals surface area contributed by atoms with Gasteiger partial charge in [0.15, 0.2) is 0 Å². The number of hydrogen-bond acceptors (Lipinski definition) is 4. The quantitative estimate of drug-likeness (QED) is 0.873.